The van der Waals surface area contributed by atoms with Crippen molar-refractivity contribution in [3.63, 3.8) is 0 Å². The number of aliphatic carboxylic acids is 1. The number of carboxylic acids is 1. The van der Waals surface area contributed by atoms with Gasteiger partial charge < -0.3 is 10.1 Å². The number of nitro benzene ring substituents is 1. The van der Waals surface area contributed by atoms with Gasteiger partial charge in [-0.05, 0) is 44.4 Å². The number of fused-ring (bicyclic) bond motifs is 5. The van der Waals surface area contributed by atoms with E-state index in [2.05, 4.69) is 9.88 Å². The lowest BCUT2D eigenvalue weighted by molar-refractivity contribution is -0.384. The van der Waals surface area contributed by atoms with Gasteiger partial charge >= 0.3 is 5.97 Å². The smallest absolute Gasteiger partial charge is 0.308 e. The molecule has 1 aromatic heterocycles. The predicted octanol–water partition coefficient (Wildman–Crippen LogP) is 2.64. The molecule has 0 aliphatic carbocycles. The highest BCUT2D eigenvalue weighted by Gasteiger charge is 2.51. The largest absolute Gasteiger partial charge is 0.481 e. The van der Waals surface area contributed by atoms with Crippen molar-refractivity contribution in [2.24, 2.45) is 5.92 Å². The fraction of sp³-hybridized carbons (Fsp3) is 0.471. The van der Waals surface area contributed by atoms with Gasteiger partial charge in [0.1, 0.15) is 0 Å². The van der Waals surface area contributed by atoms with Crippen molar-refractivity contribution < 1.29 is 14.8 Å². The summed E-state index contributed by atoms with van der Waals surface area (Å²) in [4.78, 5) is 28.0. The number of carbonyl (C=O) groups is 1. The Morgan fingerprint density at radius 2 is 2.25 bits per heavy atom. The van der Waals surface area contributed by atoms with Crippen LogP contribution in [0.2, 0.25) is 0 Å². The Morgan fingerprint density at radius 3 is 2.96 bits per heavy atom. The van der Waals surface area contributed by atoms with E-state index < -0.39 is 22.3 Å². The van der Waals surface area contributed by atoms with Crippen LogP contribution >= 0.6 is 0 Å². The van der Waals surface area contributed by atoms with Gasteiger partial charge in [0.25, 0.3) is 5.69 Å². The van der Waals surface area contributed by atoms with Gasteiger partial charge in [0, 0.05) is 29.8 Å². The third kappa shape index (κ3) is 1.91. The summed E-state index contributed by atoms with van der Waals surface area (Å²) in [6.07, 6.45) is 2.36. The van der Waals surface area contributed by atoms with E-state index in [0.29, 0.717) is 11.9 Å². The van der Waals surface area contributed by atoms with Crippen LogP contribution in [0.15, 0.2) is 18.2 Å². The van der Waals surface area contributed by atoms with Crippen molar-refractivity contribution in [1.29, 1.82) is 0 Å². The number of non-ortho nitro benzene ring substituents is 1. The quantitative estimate of drug-likeness (QED) is 0.652. The Balaban J connectivity index is 1.93. The van der Waals surface area contributed by atoms with Gasteiger partial charge in [-0.25, -0.2) is 0 Å². The van der Waals surface area contributed by atoms with E-state index >= 15 is 0 Å². The normalized spacial score (nSPS) is 26.8. The van der Waals surface area contributed by atoms with Crippen LogP contribution < -0.4 is 0 Å². The van der Waals surface area contributed by atoms with Gasteiger partial charge in [0.15, 0.2) is 0 Å². The number of hydrogen-bond acceptors (Lipinski definition) is 4. The van der Waals surface area contributed by atoms with Crippen LogP contribution in [0.5, 0.6) is 0 Å². The number of carboxylic acid groups (broad SMARTS) is 1. The molecule has 2 aliphatic heterocycles. The first-order valence-corrected chi connectivity index (χ1v) is 8.20. The van der Waals surface area contributed by atoms with Crippen molar-refractivity contribution in [3.8, 4) is 0 Å². The van der Waals surface area contributed by atoms with E-state index in [1.165, 1.54) is 6.07 Å². The summed E-state index contributed by atoms with van der Waals surface area (Å²) in [6, 6.07) is 4.83. The number of benzene rings is 1. The average Bonchev–Trinajstić information content (AvgIpc) is 2.92. The number of nitro groups is 1. The highest BCUT2D eigenvalue weighted by atomic mass is 16.6. The molecular weight excluding hydrogens is 310 g/mol. The zero-order valence-corrected chi connectivity index (χ0v) is 13.4. The molecule has 7 nitrogen and oxygen atoms in total. The van der Waals surface area contributed by atoms with Gasteiger partial charge in [-0.15, -0.1) is 0 Å². The molecule has 1 aromatic carbocycles. The lowest BCUT2D eigenvalue weighted by Crippen LogP contribution is -2.58. The SMILES string of the molecule is CC12c3[nH]c4cc([N+](=O)[O-])ccc4c3CCN1CCCC2C(=O)O. The Labute approximate surface area is 138 Å². The number of rotatable bonds is 2. The molecule has 4 rings (SSSR count). The van der Waals surface area contributed by atoms with E-state index in [0.717, 1.165) is 42.6 Å². The van der Waals surface area contributed by atoms with Crippen LogP contribution in [0, 0.1) is 16.0 Å². The third-order valence-corrected chi connectivity index (χ3v) is 5.79. The van der Waals surface area contributed by atoms with E-state index in [-0.39, 0.29) is 5.69 Å². The first kappa shape index (κ1) is 15.1. The van der Waals surface area contributed by atoms with Gasteiger partial charge in [-0.3, -0.25) is 19.8 Å². The van der Waals surface area contributed by atoms with Crippen LogP contribution in [0.4, 0.5) is 5.69 Å². The average molecular weight is 329 g/mol. The molecule has 2 N–H and O–H groups in total. The number of hydrogen-bond donors (Lipinski definition) is 2. The second kappa shape index (κ2) is 5.04. The van der Waals surface area contributed by atoms with Crippen molar-refractivity contribution in [1.82, 2.24) is 9.88 Å². The van der Waals surface area contributed by atoms with Crippen LogP contribution in [0.25, 0.3) is 10.9 Å². The molecule has 2 aliphatic rings. The molecule has 7 heteroatoms. The molecule has 0 radical (unpaired) electrons. The number of aromatic nitrogens is 1. The summed E-state index contributed by atoms with van der Waals surface area (Å²) in [6.45, 7) is 3.69. The summed E-state index contributed by atoms with van der Waals surface area (Å²) in [5.41, 5.74) is 2.18. The Bertz CT molecular complexity index is 859. The molecule has 2 atom stereocenters. The summed E-state index contributed by atoms with van der Waals surface area (Å²) in [5, 5.41) is 21.7. The molecule has 0 bridgehead atoms. The van der Waals surface area contributed by atoms with E-state index in [4.69, 9.17) is 0 Å². The van der Waals surface area contributed by atoms with E-state index in [1.807, 2.05) is 6.92 Å². The fourth-order valence-corrected chi connectivity index (χ4v) is 4.56. The Morgan fingerprint density at radius 1 is 1.46 bits per heavy atom. The minimum Gasteiger partial charge on any atom is -0.481 e. The molecule has 2 unspecified atom stereocenters. The molecule has 2 aromatic rings. The van der Waals surface area contributed by atoms with Crippen molar-refractivity contribution in [3.05, 3.63) is 39.6 Å². The summed E-state index contributed by atoms with van der Waals surface area (Å²) < 4.78 is 0. The maximum absolute atomic E-state index is 11.9. The van der Waals surface area contributed by atoms with E-state index in [9.17, 15) is 20.0 Å². The second-order valence-corrected chi connectivity index (χ2v) is 6.88. The Hall–Kier alpha value is -2.41. The fourth-order valence-electron chi connectivity index (χ4n) is 4.56. The maximum Gasteiger partial charge on any atom is 0.308 e. The molecule has 1 fully saturated rings. The van der Waals surface area contributed by atoms with Gasteiger partial charge in [-0.1, -0.05) is 0 Å². The number of nitrogens with zero attached hydrogens (tertiary/aromatic N) is 2. The minimum atomic E-state index is -0.778. The molecular formula is C17H19N3O4. The molecule has 24 heavy (non-hydrogen) atoms. The van der Waals surface area contributed by atoms with Gasteiger partial charge in [-0.2, -0.15) is 0 Å². The summed E-state index contributed by atoms with van der Waals surface area (Å²) >= 11 is 0. The Kier molecular flexibility index (Phi) is 3.18. The van der Waals surface area contributed by atoms with Crippen LogP contribution in [0.3, 0.4) is 0 Å². The van der Waals surface area contributed by atoms with Gasteiger partial charge in [0.05, 0.1) is 21.9 Å². The molecule has 126 valence electrons. The minimum absolute atomic E-state index is 0.0431. The van der Waals surface area contributed by atoms with Crippen LogP contribution in [-0.4, -0.2) is 39.0 Å². The molecule has 1 saturated heterocycles. The number of H-pyrrole nitrogens is 1. The van der Waals surface area contributed by atoms with Crippen LogP contribution in [-0.2, 0) is 16.8 Å². The van der Waals surface area contributed by atoms with Crippen molar-refractivity contribution >= 4 is 22.6 Å². The second-order valence-electron chi connectivity index (χ2n) is 6.88. The standard InChI is InChI=1S/C17H19N3O4/c1-17-13(16(21)22)3-2-7-19(17)8-6-12-11-5-4-10(20(23)24)9-14(11)18-15(12)17/h4-5,9,13,18H,2-3,6-8H2,1H3,(H,21,22). The topological polar surface area (TPSA) is 99.5 Å². The van der Waals surface area contributed by atoms with Gasteiger partial charge in [0.2, 0.25) is 0 Å². The molecule has 0 spiro atoms. The predicted molar refractivity (Wildman–Crippen MR) is 87.9 cm³/mol. The van der Waals surface area contributed by atoms with Crippen molar-refractivity contribution in [2.45, 2.75) is 31.7 Å². The first-order chi connectivity index (χ1) is 11.4. The zero-order valence-electron chi connectivity index (χ0n) is 13.4. The third-order valence-electron chi connectivity index (χ3n) is 5.79. The molecule has 0 amide bonds. The summed E-state index contributed by atoms with van der Waals surface area (Å²) in [5.74, 6) is -1.26. The number of aromatic amines is 1. The first-order valence-electron chi connectivity index (χ1n) is 8.20. The highest BCUT2D eigenvalue weighted by Crippen LogP contribution is 2.47. The number of nitrogens with one attached hydrogen (secondary N) is 1. The molecule has 3 heterocycles. The lowest BCUT2D eigenvalue weighted by atomic mass is 9.72. The van der Waals surface area contributed by atoms with Crippen molar-refractivity contribution in [2.75, 3.05) is 13.1 Å². The monoisotopic (exact) mass is 329 g/mol. The molecule has 0 saturated carbocycles. The maximum atomic E-state index is 11.9. The zero-order chi connectivity index (χ0) is 17.1. The number of piperidine rings is 1. The highest BCUT2D eigenvalue weighted by molar-refractivity contribution is 5.88. The lowest BCUT2D eigenvalue weighted by Gasteiger charge is -2.51. The summed E-state index contributed by atoms with van der Waals surface area (Å²) in [7, 11) is 0. The van der Waals surface area contributed by atoms with E-state index in [1.54, 1.807) is 12.1 Å². The van der Waals surface area contributed by atoms with Crippen LogP contribution in [0.1, 0.15) is 31.0 Å².